The molecule has 0 N–H and O–H groups in total. The molecule has 0 radical (unpaired) electrons. The van der Waals surface area contributed by atoms with E-state index < -0.39 is 0 Å². The number of benzene rings is 2. The van der Waals surface area contributed by atoms with E-state index in [-0.39, 0.29) is 16.9 Å². The van der Waals surface area contributed by atoms with Gasteiger partial charge < -0.3 is 19.3 Å². The third-order valence-corrected chi connectivity index (χ3v) is 6.76. The van der Waals surface area contributed by atoms with Gasteiger partial charge in [0.25, 0.3) is 0 Å². The Morgan fingerprint density at radius 3 is 2.35 bits per heavy atom. The Hall–Kier alpha value is -2.53. The molecule has 2 aromatic carbocycles. The summed E-state index contributed by atoms with van der Waals surface area (Å²) in [6, 6.07) is 18.6. The summed E-state index contributed by atoms with van der Waals surface area (Å²) in [5.41, 5.74) is 1.81. The third-order valence-electron chi connectivity index (χ3n) is 6.76. The van der Waals surface area contributed by atoms with Crippen LogP contribution in [-0.4, -0.2) is 56.3 Å². The first-order chi connectivity index (χ1) is 14.9. The Labute approximate surface area is 185 Å². The molecule has 1 unspecified atom stereocenters. The lowest BCUT2D eigenvalue weighted by Gasteiger charge is -2.46. The van der Waals surface area contributed by atoms with Gasteiger partial charge >= 0.3 is 0 Å². The lowest BCUT2D eigenvalue weighted by Crippen LogP contribution is -2.52. The van der Waals surface area contributed by atoms with Crippen LogP contribution in [0.2, 0.25) is 0 Å². The van der Waals surface area contributed by atoms with Crippen LogP contribution in [0, 0.1) is 0 Å². The molecule has 0 aliphatic carbocycles. The molecule has 2 heterocycles. The summed E-state index contributed by atoms with van der Waals surface area (Å²) in [5, 5.41) is 0. The summed E-state index contributed by atoms with van der Waals surface area (Å²) in [4.78, 5) is 17.9. The zero-order valence-electron chi connectivity index (χ0n) is 19.0. The Bertz CT molecular complexity index is 891. The van der Waals surface area contributed by atoms with E-state index >= 15 is 0 Å². The summed E-state index contributed by atoms with van der Waals surface area (Å²) in [6.07, 6.45) is 2.12. The number of anilines is 1. The first-order valence-corrected chi connectivity index (χ1v) is 11.3. The van der Waals surface area contributed by atoms with Crippen LogP contribution < -0.4 is 9.64 Å². The topological polar surface area (TPSA) is 42.0 Å². The summed E-state index contributed by atoms with van der Waals surface area (Å²) in [7, 11) is 1.71. The van der Waals surface area contributed by atoms with E-state index in [1.165, 1.54) is 5.69 Å². The highest BCUT2D eigenvalue weighted by atomic mass is 16.5. The maximum absolute atomic E-state index is 13.5. The van der Waals surface area contributed by atoms with Gasteiger partial charge in [0.15, 0.2) is 0 Å². The molecule has 1 amide bonds. The van der Waals surface area contributed by atoms with Gasteiger partial charge in [-0.15, -0.1) is 0 Å². The molecule has 0 saturated carbocycles. The molecular weight excluding hydrogens is 388 g/mol. The van der Waals surface area contributed by atoms with Crippen molar-refractivity contribution in [2.24, 2.45) is 0 Å². The Morgan fingerprint density at radius 1 is 1.00 bits per heavy atom. The Kier molecular flexibility index (Phi) is 6.24. The first kappa shape index (κ1) is 21.7. The lowest BCUT2D eigenvalue weighted by molar-refractivity contribution is -0.136. The number of hydrogen-bond donors (Lipinski definition) is 0. The molecular formula is C26H34N2O3. The fourth-order valence-corrected chi connectivity index (χ4v) is 5.29. The first-order valence-electron chi connectivity index (χ1n) is 11.3. The minimum absolute atomic E-state index is 0.233. The molecule has 5 heteroatoms. The summed E-state index contributed by atoms with van der Waals surface area (Å²) in [5.74, 6) is 1.10. The zero-order valence-corrected chi connectivity index (χ0v) is 19.0. The summed E-state index contributed by atoms with van der Waals surface area (Å²) < 4.78 is 11.7. The van der Waals surface area contributed by atoms with Crippen molar-refractivity contribution in [2.75, 3.05) is 44.8 Å². The van der Waals surface area contributed by atoms with E-state index in [4.69, 9.17) is 9.47 Å². The van der Waals surface area contributed by atoms with Gasteiger partial charge in [-0.2, -0.15) is 0 Å². The van der Waals surface area contributed by atoms with Crippen LogP contribution in [0.25, 0.3) is 0 Å². The lowest BCUT2D eigenvalue weighted by atomic mass is 9.66. The van der Waals surface area contributed by atoms with E-state index in [1.54, 1.807) is 7.11 Å². The second kappa shape index (κ2) is 8.91. The van der Waals surface area contributed by atoms with E-state index in [2.05, 4.69) is 49.1 Å². The number of ether oxygens (including phenoxy) is 2. The van der Waals surface area contributed by atoms with E-state index in [0.29, 0.717) is 13.0 Å². The average molecular weight is 423 g/mol. The standard InChI is InChI=1S/C26H34N2O3/c1-25(2)20-26(13-18-31-25,22-11-7-8-12-23(22)30-3)19-24(29)28-16-14-27(15-17-28)21-9-5-4-6-10-21/h4-12H,13-20H2,1-3H3. The molecule has 166 valence electrons. The van der Waals surface area contributed by atoms with Crippen LogP contribution in [0.1, 0.15) is 38.7 Å². The van der Waals surface area contributed by atoms with Crippen LogP contribution in [0.3, 0.4) is 0 Å². The molecule has 5 nitrogen and oxygen atoms in total. The maximum Gasteiger partial charge on any atom is 0.223 e. The molecule has 0 bridgehead atoms. The van der Waals surface area contributed by atoms with E-state index in [0.717, 1.165) is 50.3 Å². The van der Waals surface area contributed by atoms with Gasteiger partial charge in [-0.3, -0.25) is 4.79 Å². The maximum atomic E-state index is 13.5. The normalized spacial score (nSPS) is 23.5. The fraction of sp³-hybridized carbons (Fsp3) is 0.500. The number of methoxy groups -OCH3 is 1. The highest BCUT2D eigenvalue weighted by Gasteiger charge is 2.45. The number of rotatable bonds is 5. The van der Waals surface area contributed by atoms with Gasteiger partial charge in [0.1, 0.15) is 5.75 Å². The van der Waals surface area contributed by atoms with Crippen LogP contribution in [0.5, 0.6) is 5.75 Å². The summed E-state index contributed by atoms with van der Waals surface area (Å²) in [6.45, 7) is 8.16. The van der Waals surface area contributed by atoms with Crippen molar-refractivity contribution in [3.8, 4) is 5.75 Å². The predicted molar refractivity (Wildman–Crippen MR) is 124 cm³/mol. The van der Waals surface area contributed by atoms with Gasteiger partial charge in [-0.05, 0) is 44.9 Å². The van der Waals surface area contributed by atoms with Crippen molar-refractivity contribution in [3.05, 3.63) is 60.2 Å². The van der Waals surface area contributed by atoms with Crippen molar-refractivity contribution in [1.29, 1.82) is 0 Å². The molecule has 4 rings (SSSR count). The van der Waals surface area contributed by atoms with Gasteiger partial charge in [-0.1, -0.05) is 36.4 Å². The van der Waals surface area contributed by atoms with Crippen LogP contribution in [-0.2, 0) is 14.9 Å². The largest absolute Gasteiger partial charge is 0.496 e. The quantitative estimate of drug-likeness (QED) is 0.722. The monoisotopic (exact) mass is 422 g/mol. The molecule has 2 fully saturated rings. The summed E-state index contributed by atoms with van der Waals surface area (Å²) >= 11 is 0. The van der Waals surface area contributed by atoms with E-state index in [9.17, 15) is 4.79 Å². The number of para-hydroxylation sites is 2. The highest BCUT2D eigenvalue weighted by Crippen LogP contribution is 2.47. The second-order valence-electron chi connectivity index (χ2n) is 9.40. The zero-order chi connectivity index (χ0) is 21.9. The average Bonchev–Trinajstić information content (AvgIpc) is 2.79. The molecule has 1 atom stereocenters. The SMILES string of the molecule is COc1ccccc1C1(CC(=O)N2CCN(c3ccccc3)CC2)CCOC(C)(C)C1. The van der Waals surface area contributed by atoms with E-state index in [1.807, 2.05) is 29.2 Å². The van der Waals surface area contributed by atoms with Gasteiger partial charge in [0.05, 0.1) is 12.7 Å². The van der Waals surface area contributed by atoms with Crippen LogP contribution in [0.15, 0.2) is 54.6 Å². The van der Waals surface area contributed by atoms with Gasteiger partial charge in [0, 0.05) is 55.9 Å². The van der Waals surface area contributed by atoms with Crippen molar-refractivity contribution in [2.45, 2.75) is 44.1 Å². The fourth-order valence-electron chi connectivity index (χ4n) is 5.29. The number of nitrogens with zero attached hydrogens (tertiary/aromatic N) is 2. The number of piperazine rings is 1. The predicted octanol–water partition coefficient (Wildman–Crippen LogP) is 4.26. The Morgan fingerprint density at radius 2 is 1.68 bits per heavy atom. The minimum Gasteiger partial charge on any atom is -0.496 e. The van der Waals surface area contributed by atoms with Gasteiger partial charge in [-0.25, -0.2) is 0 Å². The number of amides is 1. The molecule has 2 aliphatic heterocycles. The van der Waals surface area contributed by atoms with Gasteiger partial charge in [0.2, 0.25) is 5.91 Å². The van der Waals surface area contributed by atoms with Crippen molar-refractivity contribution in [3.63, 3.8) is 0 Å². The molecule has 31 heavy (non-hydrogen) atoms. The van der Waals surface area contributed by atoms with Crippen molar-refractivity contribution < 1.29 is 14.3 Å². The van der Waals surface area contributed by atoms with Crippen LogP contribution >= 0.6 is 0 Å². The highest BCUT2D eigenvalue weighted by molar-refractivity contribution is 5.78. The number of hydrogen-bond acceptors (Lipinski definition) is 4. The smallest absolute Gasteiger partial charge is 0.223 e. The van der Waals surface area contributed by atoms with Crippen molar-refractivity contribution >= 4 is 11.6 Å². The number of carbonyl (C=O) groups excluding carboxylic acids is 1. The molecule has 2 aromatic rings. The molecule has 0 spiro atoms. The van der Waals surface area contributed by atoms with Crippen LogP contribution in [0.4, 0.5) is 5.69 Å². The molecule has 2 aliphatic rings. The molecule has 2 saturated heterocycles. The molecule has 0 aromatic heterocycles. The van der Waals surface area contributed by atoms with Crippen molar-refractivity contribution in [1.82, 2.24) is 4.90 Å². The second-order valence-corrected chi connectivity index (χ2v) is 9.40. The number of carbonyl (C=O) groups is 1. The minimum atomic E-state index is -0.276. The third kappa shape index (κ3) is 4.72. The Balaban J connectivity index is 1.52.